The molecule has 0 unspecified atom stereocenters. The van der Waals surface area contributed by atoms with Crippen molar-refractivity contribution in [2.24, 2.45) is 11.1 Å². The average Bonchev–Trinajstić information content (AvgIpc) is 2.78. The van der Waals surface area contributed by atoms with Crippen LogP contribution in [0.3, 0.4) is 0 Å². The Balaban J connectivity index is 1.92. The zero-order valence-electron chi connectivity index (χ0n) is 8.43. The molecule has 1 aromatic carbocycles. The van der Waals surface area contributed by atoms with Crippen molar-refractivity contribution in [1.82, 2.24) is 0 Å². The lowest BCUT2D eigenvalue weighted by molar-refractivity contribution is 0.0657. The Labute approximate surface area is 88.7 Å². The Kier molecular flexibility index (Phi) is 2.18. The van der Waals surface area contributed by atoms with E-state index >= 15 is 0 Å². The van der Waals surface area contributed by atoms with E-state index in [1.54, 1.807) is 0 Å². The Hall–Kier alpha value is -1.35. The highest BCUT2D eigenvalue weighted by Crippen LogP contribution is 2.32. The van der Waals surface area contributed by atoms with E-state index in [1.165, 1.54) is 5.56 Å². The van der Waals surface area contributed by atoms with Gasteiger partial charge in [0, 0.05) is 12.5 Å². The summed E-state index contributed by atoms with van der Waals surface area (Å²) in [6.07, 6.45) is 1.04. The van der Waals surface area contributed by atoms with Crippen molar-refractivity contribution >= 4 is 5.71 Å². The fourth-order valence-corrected chi connectivity index (χ4v) is 2.16. The molecule has 2 atom stereocenters. The summed E-state index contributed by atoms with van der Waals surface area (Å²) in [7, 11) is 0. The van der Waals surface area contributed by atoms with Crippen molar-refractivity contribution in [2.45, 2.75) is 12.5 Å². The first-order valence-corrected chi connectivity index (χ1v) is 5.31. The number of rotatable bonds is 1. The van der Waals surface area contributed by atoms with E-state index in [9.17, 15) is 0 Å². The van der Waals surface area contributed by atoms with Crippen LogP contribution in [-0.4, -0.2) is 18.9 Å². The predicted molar refractivity (Wildman–Crippen MR) is 56.6 cm³/mol. The lowest BCUT2D eigenvalue weighted by atomic mass is 9.91. The smallest absolute Gasteiger partial charge is 0.125 e. The van der Waals surface area contributed by atoms with Gasteiger partial charge < -0.3 is 9.57 Å². The molecule has 0 bridgehead atoms. The number of hydrogen-bond donors (Lipinski definition) is 0. The molecule has 2 aliphatic heterocycles. The molecule has 2 heterocycles. The summed E-state index contributed by atoms with van der Waals surface area (Å²) < 4.78 is 5.77. The summed E-state index contributed by atoms with van der Waals surface area (Å²) in [4.78, 5) is 5.15. The Morgan fingerprint density at radius 2 is 2.07 bits per heavy atom. The summed E-state index contributed by atoms with van der Waals surface area (Å²) in [5.41, 5.74) is 2.24. The molecule has 0 saturated carbocycles. The highest BCUT2D eigenvalue weighted by Gasteiger charge is 2.35. The van der Waals surface area contributed by atoms with Gasteiger partial charge in [-0.25, -0.2) is 0 Å². The molecule has 1 aromatic rings. The van der Waals surface area contributed by atoms with Gasteiger partial charge in [0.25, 0.3) is 0 Å². The minimum absolute atomic E-state index is 0.00690. The van der Waals surface area contributed by atoms with Crippen molar-refractivity contribution < 1.29 is 9.57 Å². The fraction of sp³-hybridized carbons (Fsp3) is 0.417. The zero-order chi connectivity index (χ0) is 10.1. The van der Waals surface area contributed by atoms with Gasteiger partial charge in [-0.15, -0.1) is 0 Å². The van der Waals surface area contributed by atoms with E-state index in [4.69, 9.17) is 9.57 Å². The van der Waals surface area contributed by atoms with E-state index < -0.39 is 0 Å². The van der Waals surface area contributed by atoms with Crippen molar-refractivity contribution in [2.75, 3.05) is 13.2 Å². The lowest BCUT2D eigenvalue weighted by Crippen LogP contribution is -2.30. The van der Waals surface area contributed by atoms with Crippen molar-refractivity contribution in [1.29, 1.82) is 0 Å². The first kappa shape index (κ1) is 8.92. The van der Waals surface area contributed by atoms with Crippen LogP contribution in [-0.2, 0) is 9.57 Å². The minimum Gasteiger partial charge on any atom is -0.395 e. The number of ether oxygens (including phenoxy) is 1. The van der Waals surface area contributed by atoms with Gasteiger partial charge in [-0.3, -0.25) is 0 Å². The molecule has 1 fully saturated rings. The molecule has 0 aromatic heterocycles. The van der Waals surface area contributed by atoms with Crippen LogP contribution in [0.4, 0.5) is 0 Å². The molecule has 1 saturated heterocycles. The number of hydrogen-bond acceptors (Lipinski definition) is 3. The number of oxime groups is 1. The standard InChI is InChI=1S/C12H13NO2/c1-2-4-9(5-3-1)12-11-10(6-7-14-12)8-15-13-11/h1-5,10,12H,6-8H2/t10-,12-/m0/s1. The lowest BCUT2D eigenvalue weighted by Gasteiger charge is -2.26. The summed E-state index contributed by atoms with van der Waals surface area (Å²) in [5, 5.41) is 4.11. The van der Waals surface area contributed by atoms with Crippen LogP contribution in [0.1, 0.15) is 18.1 Å². The van der Waals surface area contributed by atoms with E-state index in [-0.39, 0.29) is 6.10 Å². The maximum Gasteiger partial charge on any atom is 0.125 e. The van der Waals surface area contributed by atoms with E-state index in [0.717, 1.165) is 25.3 Å². The van der Waals surface area contributed by atoms with Crippen LogP contribution in [0, 0.1) is 5.92 Å². The van der Waals surface area contributed by atoms with Crippen molar-refractivity contribution in [3.8, 4) is 0 Å². The molecule has 0 aliphatic carbocycles. The monoisotopic (exact) mass is 203 g/mol. The second kappa shape index (κ2) is 3.66. The molecular formula is C12H13NO2. The van der Waals surface area contributed by atoms with Crippen LogP contribution in [0.15, 0.2) is 35.5 Å². The molecule has 3 rings (SSSR count). The third-order valence-corrected chi connectivity index (χ3v) is 2.99. The van der Waals surface area contributed by atoms with Gasteiger partial charge in [0.15, 0.2) is 0 Å². The first-order chi connectivity index (χ1) is 7.45. The van der Waals surface area contributed by atoms with Gasteiger partial charge in [0.1, 0.15) is 12.7 Å². The fourth-order valence-electron chi connectivity index (χ4n) is 2.16. The maximum absolute atomic E-state index is 5.77. The highest BCUT2D eigenvalue weighted by molar-refractivity contribution is 5.92. The van der Waals surface area contributed by atoms with Gasteiger partial charge in [0.2, 0.25) is 0 Å². The van der Waals surface area contributed by atoms with Gasteiger partial charge in [-0.05, 0) is 12.0 Å². The predicted octanol–water partition coefficient (Wildman–Crippen LogP) is 2.15. The Bertz CT molecular complexity index is 374. The topological polar surface area (TPSA) is 30.8 Å². The van der Waals surface area contributed by atoms with Crippen molar-refractivity contribution in [3.05, 3.63) is 35.9 Å². The maximum atomic E-state index is 5.77. The Morgan fingerprint density at radius 3 is 2.93 bits per heavy atom. The second-order valence-electron chi connectivity index (χ2n) is 3.96. The molecular weight excluding hydrogens is 190 g/mol. The van der Waals surface area contributed by atoms with Crippen LogP contribution in [0.25, 0.3) is 0 Å². The molecule has 0 spiro atoms. The normalized spacial score (nSPS) is 29.2. The Morgan fingerprint density at radius 1 is 1.20 bits per heavy atom. The van der Waals surface area contributed by atoms with Gasteiger partial charge in [-0.1, -0.05) is 35.5 Å². The van der Waals surface area contributed by atoms with Gasteiger partial charge in [-0.2, -0.15) is 0 Å². The third-order valence-electron chi connectivity index (χ3n) is 2.99. The highest BCUT2D eigenvalue weighted by atomic mass is 16.6. The summed E-state index contributed by atoms with van der Waals surface area (Å²) in [6.45, 7) is 1.52. The van der Waals surface area contributed by atoms with E-state index in [2.05, 4.69) is 17.3 Å². The van der Waals surface area contributed by atoms with Gasteiger partial charge >= 0.3 is 0 Å². The summed E-state index contributed by atoms with van der Waals surface area (Å²) in [6, 6.07) is 10.2. The minimum atomic E-state index is 0.00690. The van der Waals surface area contributed by atoms with Crippen LogP contribution >= 0.6 is 0 Å². The quantitative estimate of drug-likeness (QED) is 0.700. The first-order valence-electron chi connectivity index (χ1n) is 5.31. The molecule has 0 radical (unpaired) electrons. The molecule has 15 heavy (non-hydrogen) atoms. The number of nitrogens with zero attached hydrogens (tertiary/aromatic N) is 1. The van der Waals surface area contributed by atoms with E-state index in [0.29, 0.717) is 5.92 Å². The number of benzene rings is 1. The van der Waals surface area contributed by atoms with Crippen LogP contribution in [0.2, 0.25) is 0 Å². The van der Waals surface area contributed by atoms with Crippen molar-refractivity contribution in [3.63, 3.8) is 0 Å². The zero-order valence-corrected chi connectivity index (χ0v) is 8.43. The summed E-state index contributed by atoms with van der Waals surface area (Å²) in [5.74, 6) is 0.462. The van der Waals surface area contributed by atoms with Crippen LogP contribution in [0.5, 0.6) is 0 Å². The molecule has 0 N–H and O–H groups in total. The molecule has 3 nitrogen and oxygen atoms in total. The molecule has 3 heteroatoms. The second-order valence-corrected chi connectivity index (χ2v) is 3.96. The molecule has 78 valence electrons. The molecule has 2 aliphatic rings. The average molecular weight is 203 g/mol. The van der Waals surface area contributed by atoms with Crippen LogP contribution < -0.4 is 0 Å². The largest absolute Gasteiger partial charge is 0.395 e. The van der Waals surface area contributed by atoms with Gasteiger partial charge in [0.05, 0.1) is 5.71 Å². The molecule has 0 amide bonds. The van der Waals surface area contributed by atoms with E-state index in [1.807, 2.05) is 18.2 Å². The SMILES string of the molecule is c1ccc([C@@H]2OCC[C@H]3CON=C32)cc1. The third kappa shape index (κ3) is 1.53. The number of fused-ring (bicyclic) bond motifs is 1. The summed E-state index contributed by atoms with van der Waals surface area (Å²) >= 11 is 0.